The van der Waals surface area contributed by atoms with E-state index in [1.54, 1.807) is 72.8 Å². The summed E-state index contributed by atoms with van der Waals surface area (Å²) < 4.78 is 25.1. The molecule has 1 unspecified atom stereocenters. The molecule has 362 valence electrons. The molecule has 0 saturated heterocycles. The number of nitriles is 4. The van der Waals surface area contributed by atoms with Gasteiger partial charge < -0.3 is 18.9 Å². The van der Waals surface area contributed by atoms with Gasteiger partial charge in [0.25, 0.3) is 0 Å². The summed E-state index contributed by atoms with van der Waals surface area (Å²) in [5.41, 5.74) is 8.36. The van der Waals surface area contributed by atoms with Gasteiger partial charge in [-0.2, -0.15) is 21.0 Å². The molecule has 8 aromatic rings. The van der Waals surface area contributed by atoms with Crippen molar-refractivity contribution in [2.75, 3.05) is 0 Å². The summed E-state index contributed by atoms with van der Waals surface area (Å²) in [4.78, 5) is 13.6. The van der Waals surface area contributed by atoms with E-state index in [9.17, 15) is 25.8 Å². The van der Waals surface area contributed by atoms with E-state index in [4.69, 9.17) is 18.9 Å². The largest absolute Gasteiger partial charge is 0.483 e. The third-order valence-electron chi connectivity index (χ3n) is 14.3. The van der Waals surface area contributed by atoms with Crippen molar-refractivity contribution in [2.45, 2.75) is 76.9 Å². The van der Waals surface area contributed by atoms with Gasteiger partial charge in [0, 0.05) is 28.4 Å². The van der Waals surface area contributed by atoms with E-state index in [0.29, 0.717) is 62.3 Å². The molecule has 9 rings (SSSR count). The summed E-state index contributed by atoms with van der Waals surface area (Å²) >= 11 is 0. The van der Waals surface area contributed by atoms with Gasteiger partial charge in [0.15, 0.2) is 5.78 Å². The first-order valence-electron chi connectivity index (χ1n) is 24.3. The number of hydrogen-bond donors (Lipinski definition) is 0. The number of ketones is 1. The highest BCUT2D eigenvalue weighted by molar-refractivity contribution is 6.09. The van der Waals surface area contributed by atoms with Gasteiger partial charge in [-0.25, -0.2) is 0 Å². The first-order valence-corrected chi connectivity index (χ1v) is 24.3. The summed E-state index contributed by atoms with van der Waals surface area (Å²) in [6.45, 7) is 14.8. The lowest BCUT2D eigenvalue weighted by Gasteiger charge is -2.42. The molecule has 9 nitrogen and oxygen atoms in total. The number of fused-ring (bicyclic) bond motifs is 1. The first-order chi connectivity index (χ1) is 35.4. The van der Waals surface area contributed by atoms with Gasteiger partial charge in [0.05, 0.1) is 22.3 Å². The molecule has 1 aliphatic rings. The second-order valence-corrected chi connectivity index (χ2v) is 20.3. The molecule has 0 amide bonds. The van der Waals surface area contributed by atoms with Gasteiger partial charge in [-0.3, -0.25) is 4.79 Å². The molecule has 0 N–H and O–H groups in total. The summed E-state index contributed by atoms with van der Waals surface area (Å²) in [6, 6.07) is 63.3. The van der Waals surface area contributed by atoms with E-state index in [1.807, 2.05) is 81.4 Å². The van der Waals surface area contributed by atoms with Crippen LogP contribution in [0, 0.1) is 45.3 Å². The zero-order valence-electron chi connectivity index (χ0n) is 42.3. The van der Waals surface area contributed by atoms with E-state index in [2.05, 4.69) is 94.4 Å². The zero-order chi connectivity index (χ0) is 52.4. The van der Waals surface area contributed by atoms with Crippen molar-refractivity contribution >= 4 is 5.78 Å². The third-order valence-corrected chi connectivity index (χ3v) is 14.3. The van der Waals surface area contributed by atoms with Crippen molar-refractivity contribution in [1.82, 2.24) is 0 Å². The number of carbonyl (C=O) groups is 1. The SMILES string of the molecule is CC(C)(Oc1ccc(C(=O)c2ccc(Oc3ccc(C(C)(C)c4ccc5c(c4)CC5(C)Oc4ccc(C#N)c(C#N)c4)cc3)cc2)cc1)c1ccc(C(C)(C)c2ccc(Oc3ccc(C#N)c(C#N)c3)cc2)cc1. The Labute approximate surface area is 432 Å². The molecule has 0 aromatic heterocycles. The molecule has 0 spiro atoms. The average molecular weight is 969 g/mol. The van der Waals surface area contributed by atoms with Crippen LogP contribution in [0.3, 0.4) is 0 Å². The third kappa shape index (κ3) is 9.93. The van der Waals surface area contributed by atoms with Crippen LogP contribution < -0.4 is 18.9 Å². The van der Waals surface area contributed by atoms with Crippen molar-refractivity contribution < 1.29 is 23.7 Å². The van der Waals surface area contributed by atoms with Crippen LogP contribution in [0.4, 0.5) is 0 Å². The highest BCUT2D eigenvalue weighted by Crippen LogP contribution is 2.45. The van der Waals surface area contributed by atoms with Crippen molar-refractivity contribution in [3.05, 3.63) is 248 Å². The minimum atomic E-state index is -0.666. The van der Waals surface area contributed by atoms with Gasteiger partial charge in [-0.1, -0.05) is 94.4 Å². The normalized spacial score (nSPS) is 13.9. The lowest BCUT2D eigenvalue weighted by molar-refractivity contribution is 0.0619. The number of carbonyl (C=O) groups excluding carboxylic acids is 1. The number of nitrogens with zero attached hydrogens (tertiary/aromatic N) is 4. The average Bonchev–Trinajstić information content (AvgIpc) is 3.41. The molecule has 0 heterocycles. The Balaban J connectivity index is 0.776. The Morgan fingerprint density at radius 3 is 1.30 bits per heavy atom. The Hall–Kier alpha value is -9.41. The molecule has 8 aromatic carbocycles. The quantitative estimate of drug-likeness (QED) is 0.0915. The van der Waals surface area contributed by atoms with Gasteiger partial charge in [-0.05, 0) is 169 Å². The first kappa shape index (κ1) is 49.6. The number of ether oxygens (including phenoxy) is 4. The molecule has 0 radical (unpaired) electrons. The maximum absolute atomic E-state index is 13.6. The molecule has 0 bridgehead atoms. The van der Waals surface area contributed by atoms with E-state index >= 15 is 0 Å². The smallest absolute Gasteiger partial charge is 0.193 e. The monoisotopic (exact) mass is 968 g/mol. The molecular weight excluding hydrogens is 917 g/mol. The topological polar surface area (TPSA) is 149 Å². The highest BCUT2D eigenvalue weighted by Gasteiger charge is 2.42. The molecule has 0 saturated carbocycles. The fourth-order valence-electron chi connectivity index (χ4n) is 9.54. The second-order valence-electron chi connectivity index (χ2n) is 20.3. The van der Waals surface area contributed by atoms with Gasteiger partial charge >= 0.3 is 0 Å². The van der Waals surface area contributed by atoms with E-state index in [0.717, 1.165) is 34.2 Å². The molecule has 74 heavy (non-hydrogen) atoms. The fraction of sp³-hybridized carbons (Fsp3) is 0.185. The van der Waals surface area contributed by atoms with Crippen LogP contribution >= 0.6 is 0 Å². The van der Waals surface area contributed by atoms with Gasteiger partial charge in [0.2, 0.25) is 0 Å². The Morgan fingerprint density at radius 2 is 0.811 bits per heavy atom. The highest BCUT2D eigenvalue weighted by atomic mass is 16.5. The lowest BCUT2D eigenvalue weighted by atomic mass is 9.70. The lowest BCUT2D eigenvalue weighted by Crippen LogP contribution is -2.41. The number of benzene rings is 8. The van der Waals surface area contributed by atoms with Crippen molar-refractivity contribution in [1.29, 1.82) is 21.0 Å². The zero-order valence-corrected chi connectivity index (χ0v) is 42.3. The Bertz CT molecular complexity index is 3610. The summed E-state index contributed by atoms with van der Waals surface area (Å²) in [7, 11) is 0. The van der Waals surface area contributed by atoms with Crippen LogP contribution in [-0.2, 0) is 28.5 Å². The Kier molecular flexibility index (Phi) is 13.2. The predicted octanol–water partition coefficient (Wildman–Crippen LogP) is 14.8. The van der Waals surface area contributed by atoms with Crippen LogP contribution in [0.5, 0.6) is 34.5 Å². The summed E-state index contributed by atoms with van der Waals surface area (Å²) in [5, 5.41) is 37.4. The van der Waals surface area contributed by atoms with E-state index in [1.165, 1.54) is 11.1 Å². The molecular formula is C65H52N4O5. The maximum Gasteiger partial charge on any atom is 0.193 e. The van der Waals surface area contributed by atoms with Crippen LogP contribution in [0.2, 0.25) is 0 Å². The van der Waals surface area contributed by atoms with E-state index in [-0.39, 0.29) is 22.2 Å². The molecule has 1 aliphatic carbocycles. The Morgan fingerprint density at radius 1 is 0.432 bits per heavy atom. The van der Waals surface area contributed by atoms with Crippen LogP contribution in [-0.4, -0.2) is 5.78 Å². The van der Waals surface area contributed by atoms with Crippen LogP contribution in [0.15, 0.2) is 176 Å². The van der Waals surface area contributed by atoms with Crippen molar-refractivity contribution in [3.8, 4) is 58.8 Å². The molecule has 0 fully saturated rings. The standard InChI is InChI=1S/C65H52N4O5/c1-62(2,50-18-31-56(32-19-50)72-58-27-12-44(38-66)47(35-58)40-68)49-14-16-52(17-15-49)64(5,6)73-57-25-10-43(11-26-57)61(70)42-8-23-54(24-9-42)71-55-29-20-51(21-30-55)63(3,4)53-22-33-60-46(34-53)37-65(60,7)74-59-28-13-45(39-67)48(36-59)41-69/h8-36H,37H2,1-7H3. The number of hydrogen-bond acceptors (Lipinski definition) is 9. The minimum absolute atomic E-state index is 0.108. The van der Waals surface area contributed by atoms with Crippen LogP contribution in [0.25, 0.3) is 0 Å². The minimum Gasteiger partial charge on any atom is -0.483 e. The van der Waals surface area contributed by atoms with Crippen molar-refractivity contribution in [3.63, 3.8) is 0 Å². The molecule has 0 aliphatic heterocycles. The second kappa shape index (κ2) is 19.7. The van der Waals surface area contributed by atoms with Crippen molar-refractivity contribution in [2.24, 2.45) is 0 Å². The summed E-state index contributed by atoms with van der Waals surface area (Å²) in [5.74, 6) is 3.52. The van der Waals surface area contributed by atoms with Crippen LogP contribution in [0.1, 0.15) is 126 Å². The number of rotatable bonds is 15. The molecule has 1 atom stereocenters. The van der Waals surface area contributed by atoms with Gasteiger partial charge in [0.1, 0.15) is 70.0 Å². The predicted molar refractivity (Wildman–Crippen MR) is 284 cm³/mol. The maximum atomic E-state index is 13.6. The fourth-order valence-corrected chi connectivity index (χ4v) is 9.54. The summed E-state index contributed by atoms with van der Waals surface area (Å²) in [6.07, 6.45) is 0.721. The van der Waals surface area contributed by atoms with Gasteiger partial charge in [-0.15, -0.1) is 0 Å². The molecule has 9 heteroatoms. The van der Waals surface area contributed by atoms with E-state index < -0.39 is 11.2 Å².